The number of hydrogen-bond acceptors (Lipinski definition) is 9. The molecule has 4 heterocycles. The zero-order chi connectivity index (χ0) is 22.9. The van der Waals surface area contributed by atoms with Gasteiger partial charge in [-0.2, -0.15) is 4.98 Å². The predicted molar refractivity (Wildman–Crippen MR) is 117 cm³/mol. The Bertz CT molecular complexity index is 1140. The van der Waals surface area contributed by atoms with E-state index in [1.54, 1.807) is 19.2 Å². The molecule has 0 saturated carbocycles. The average Bonchev–Trinajstić information content (AvgIpc) is 3.44. The Morgan fingerprint density at radius 1 is 1.06 bits per heavy atom. The van der Waals surface area contributed by atoms with E-state index in [4.69, 9.17) is 14.1 Å². The summed E-state index contributed by atoms with van der Waals surface area (Å²) in [4.78, 5) is 23.6. The third kappa shape index (κ3) is 4.14. The zero-order valence-electron chi connectivity index (χ0n) is 18.5. The van der Waals surface area contributed by atoms with Crippen LogP contribution >= 0.6 is 0 Å². The topological polar surface area (TPSA) is 105 Å². The van der Waals surface area contributed by atoms with E-state index >= 15 is 0 Å². The first-order valence-corrected chi connectivity index (χ1v) is 10.7. The van der Waals surface area contributed by atoms with Crippen molar-refractivity contribution in [3.05, 3.63) is 41.7 Å². The number of ether oxygens (including phenoxy) is 1. The van der Waals surface area contributed by atoms with Gasteiger partial charge in [0.05, 0.1) is 0 Å². The Hall–Kier alpha value is -3.51. The van der Waals surface area contributed by atoms with Crippen LogP contribution in [0, 0.1) is 5.82 Å². The number of imidazole rings is 1. The number of rotatable bonds is 4. The first-order chi connectivity index (χ1) is 16.0. The van der Waals surface area contributed by atoms with Gasteiger partial charge in [0, 0.05) is 45.8 Å². The van der Waals surface area contributed by atoms with Crippen molar-refractivity contribution in [1.82, 2.24) is 30.0 Å². The molecule has 5 rings (SSSR count). The summed E-state index contributed by atoms with van der Waals surface area (Å²) in [5, 5.41) is 11.6. The molecular weight excluding hydrogens is 431 g/mol. The quantitative estimate of drug-likeness (QED) is 0.615. The van der Waals surface area contributed by atoms with Crippen molar-refractivity contribution in [1.29, 1.82) is 0 Å². The molecule has 0 bridgehead atoms. The fourth-order valence-electron chi connectivity index (χ4n) is 3.94. The minimum absolute atomic E-state index is 0.171. The van der Waals surface area contributed by atoms with Crippen LogP contribution in [-0.2, 0) is 11.3 Å². The number of nitrogens with one attached hydrogen (secondary N) is 1. The molecule has 1 fully saturated rings. The highest BCUT2D eigenvalue weighted by Gasteiger charge is 2.32. The van der Waals surface area contributed by atoms with Crippen LogP contribution in [0.5, 0.6) is 0 Å². The third-order valence-electron chi connectivity index (χ3n) is 5.66. The van der Waals surface area contributed by atoms with Gasteiger partial charge in [0.1, 0.15) is 25.8 Å². The lowest BCUT2D eigenvalue weighted by molar-refractivity contribution is 0.0312. The second-order valence-electron chi connectivity index (χ2n) is 8.08. The van der Waals surface area contributed by atoms with Crippen molar-refractivity contribution >= 4 is 17.7 Å². The minimum atomic E-state index is -0.341. The van der Waals surface area contributed by atoms with E-state index in [2.05, 4.69) is 20.4 Å². The molecule has 0 spiro atoms. The van der Waals surface area contributed by atoms with E-state index in [-0.39, 0.29) is 30.9 Å². The number of nitrogens with zero attached hydrogens (tertiary/aromatic N) is 7. The summed E-state index contributed by atoms with van der Waals surface area (Å²) in [5.74, 6) is 1.26. The predicted octanol–water partition coefficient (Wildman–Crippen LogP) is 0.984. The summed E-state index contributed by atoms with van der Waals surface area (Å²) in [6.07, 6.45) is 0. The normalized spacial score (nSPS) is 17.2. The number of carbonyl (C=O) groups excluding carboxylic acids is 1. The van der Waals surface area contributed by atoms with Crippen molar-refractivity contribution in [2.24, 2.45) is 0 Å². The van der Waals surface area contributed by atoms with Crippen molar-refractivity contribution in [3.63, 3.8) is 0 Å². The molecule has 2 aliphatic rings. The lowest BCUT2D eigenvalue weighted by Gasteiger charge is -2.29. The zero-order valence-corrected chi connectivity index (χ0v) is 18.5. The molecule has 0 aliphatic carbocycles. The Morgan fingerprint density at radius 2 is 1.79 bits per heavy atom. The van der Waals surface area contributed by atoms with Crippen molar-refractivity contribution in [2.45, 2.75) is 6.54 Å². The summed E-state index contributed by atoms with van der Waals surface area (Å²) in [6.45, 7) is 3.79. The largest absolute Gasteiger partial charge is 0.419 e. The molecule has 3 aromatic rings. The molecule has 1 amide bonds. The molecule has 12 heteroatoms. The monoisotopic (exact) mass is 456 g/mol. The first-order valence-electron chi connectivity index (χ1n) is 10.7. The molecule has 1 aromatic carbocycles. The summed E-state index contributed by atoms with van der Waals surface area (Å²) >= 11 is 0. The Morgan fingerprint density at radius 3 is 2.55 bits per heavy atom. The van der Waals surface area contributed by atoms with E-state index < -0.39 is 0 Å². The van der Waals surface area contributed by atoms with Gasteiger partial charge in [-0.15, -0.1) is 10.2 Å². The molecule has 0 unspecified atom stereocenters. The fraction of sp³-hybridized carbons (Fsp3) is 0.429. The molecule has 11 nitrogen and oxygen atoms in total. The number of carbonyl (C=O) groups is 1. The van der Waals surface area contributed by atoms with Crippen LogP contribution in [0.3, 0.4) is 0 Å². The molecule has 174 valence electrons. The van der Waals surface area contributed by atoms with Gasteiger partial charge in [-0.05, 0) is 24.3 Å². The summed E-state index contributed by atoms with van der Waals surface area (Å²) in [7, 11) is 3.54. The standard InChI is InChI=1S/C21H25FN8O3/c1-27-12-32-13-28(2)20(31)17-18(27)24-21(29-9-7-23-8-10-29)30(17)11-16-25-26-19(33-16)14-3-5-15(22)6-4-14/h3-6,23H,7-13H2,1-2H3. The summed E-state index contributed by atoms with van der Waals surface area (Å²) < 4.78 is 26.6. The Kier molecular flexibility index (Phi) is 5.68. The molecule has 0 atom stereocenters. The molecule has 33 heavy (non-hydrogen) atoms. The molecule has 2 aliphatic heterocycles. The van der Waals surface area contributed by atoms with E-state index in [0.29, 0.717) is 35.6 Å². The van der Waals surface area contributed by atoms with Gasteiger partial charge in [0.2, 0.25) is 17.7 Å². The van der Waals surface area contributed by atoms with Crippen LogP contribution in [-0.4, -0.2) is 84.3 Å². The average molecular weight is 456 g/mol. The number of fused-ring (bicyclic) bond motifs is 1. The van der Waals surface area contributed by atoms with Crippen LogP contribution in [0.2, 0.25) is 0 Å². The van der Waals surface area contributed by atoms with Crippen LogP contribution in [0.1, 0.15) is 16.4 Å². The number of halogens is 1. The molecule has 1 N–H and O–H groups in total. The smallest absolute Gasteiger partial charge is 0.276 e. The fourth-order valence-corrected chi connectivity index (χ4v) is 3.94. The first kappa shape index (κ1) is 21.3. The number of piperazine rings is 1. The van der Waals surface area contributed by atoms with E-state index in [0.717, 1.165) is 26.2 Å². The highest BCUT2D eigenvalue weighted by atomic mass is 19.1. The third-order valence-corrected chi connectivity index (χ3v) is 5.66. The van der Waals surface area contributed by atoms with Gasteiger partial charge in [-0.3, -0.25) is 9.36 Å². The highest BCUT2D eigenvalue weighted by Crippen LogP contribution is 2.30. The summed E-state index contributed by atoms with van der Waals surface area (Å²) in [6, 6.07) is 5.84. The Labute approximate surface area is 189 Å². The van der Waals surface area contributed by atoms with E-state index in [1.165, 1.54) is 17.0 Å². The second kappa shape index (κ2) is 8.79. The highest BCUT2D eigenvalue weighted by molar-refractivity contribution is 5.98. The maximum atomic E-state index is 13.3. The molecule has 1 saturated heterocycles. The van der Waals surface area contributed by atoms with Gasteiger partial charge in [0.25, 0.3) is 5.91 Å². The van der Waals surface area contributed by atoms with Gasteiger partial charge in [-0.1, -0.05) is 0 Å². The van der Waals surface area contributed by atoms with Crippen LogP contribution in [0.15, 0.2) is 28.7 Å². The van der Waals surface area contributed by atoms with Gasteiger partial charge in [-0.25, -0.2) is 4.39 Å². The maximum Gasteiger partial charge on any atom is 0.276 e. The van der Waals surface area contributed by atoms with E-state index in [9.17, 15) is 9.18 Å². The molecular formula is C21H25FN8O3. The van der Waals surface area contributed by atoms with Gasteiger partial charge in [0.15, 0.2) is 11.5 Å². The molecule has 2 aromatic heterocycles. The number of aromatic nitrogens is 4. The molecule has 0 radical (unpaired) electrons. The van der Waals surface area contributed by atoms with Crippen LogP contribution in [0.4, 0.5) is 16.2 Å². The summed E-state index contributed by atoms with van der Waals surface area (Å²) in [5.41, 5.74) is 1.06. The number of hydrogen-bond donors (Lipinski definition) is 1. The van der Waals surface area contributed by atoms with Crippen LogP contribution < -0.4 is 15.1 Å². The van der Waals surface area contributed by atoms with E-state index in [1.807, 2.05) is 16.5 Å². The Balaban J connectivity index is 1.56. The van der Waals surface area contributed by atoms with Crippen molar-refractivity contribution in [2.75, 3.05) is 63.5 Å². The SMILES string of the molecule is CN1COCN(C)c2nc(N3CCNCC3)n(Cc3nnc(-c4ccc(F)cc4)o3)c2C1=O. The number of benzene rings is 1. The number of anilines is 2. The maximum absolute atomic E-state index is 13.3. The van der Waals surface area contributed by atoms with Gasteiger partial charge < -0.3 is 29.2 Å². The van der Waals surface area contributed by atoms with Crippen molar-refractivity contribution < 1.29 is 18.3 Å². The van der Waals surface area contributed by atoms with Gasteiger partial charge >= 0.3 is 0 Å². The van der Waals surface area contributed by atoms with Crippen LogP contribution in [0.25, 0.3) is 11.5 Å². The van der Waals surface area contributed by atoms with Crippen molar-refractivity contribution in [3.8, 4) is 11.5 Å². The minimum Gasteiger partial charge on any atom is -0.419 e. The lowest BCUT2D eigenvalue weighted by Crippen LogP contribution is -2.45. The second-order valence-corrected chi connectivity index (χ2v) is 8.08. The number of amides is 1. The lowest BCUT2D eigenvalue weighted by atomic mass is 10.2.